The first-order valence-electron chi connectivity index (χ1n) is 11.2. The molecule has 144 valence electrons. The van der Waals surface area contributed by atoms with Crippen LogP contribution in [0.15, 0.2) is 0 Å². The highest BCUT2D eigenvalue weighted by Gasteiger charge is 2.35. The molecule has 25 heavy (non-hydrogen) atoms. The van der Waals surface area contributed by atoms with Crippen molar-refractivity contribution in [3.8, 4) is 6.07 Å². The van der Waals surface area contributed by atoms with Gasteiger partial charge >= 0.3 is 0 Å². The molecule has 2 saturated carbocycles. The number of unbranched alkanes of at least 4 members (excludes halogenated alkanes) is 3. The fraction of sp³-hybridized carbons (Fsp3) is 0.957. The van der Waals surface area contributed by atoms with Gasteiger partial charge in [0.1, 0.15) is 0 Å². The molecular weight excluding hydrogens is 306 g/mol. The van der Waals surface area contributed by atoms with Crippen LogP contribution in [-0.4, -0.2) is 12.7 Å². The van der Waals surface area contributed by atoms with E-state index < -0.39 is 0 Å². The van der Waals surface area contributed by atoms with E-state index in [2.05, 4.69) is 19.9 Å². The molecule has 2 heteroatoms. The number of nitriles is 1. The minimum Gasteiger partial charge on any atom is -0.378 e. The van der Waals surface area contributed by atoms with Gasteiger partial charge in [0.25, 0.3) is 0 Å². The highest BCUT2D eigenvalue weighted by molar-refractivity contribution is 5.01. The van der Waals surface area contributed by atoms with Crippen molar-refractivity contribution in [2.45, 2.75) is 116 Å². The number of hydrogen-bond donors (Lipinski definition) is 0. The lowest BCUT2D eigenvalue weighted by Crippen LogP contribution is -2.31. The van der Waals surface area contributed by atoms with Crippen LogP contribution >= 0.6 is 0 Å². The number of ether oxygens (including phenoxy) is 1. The van der Waals surface area contributed by atoms with E-state index in [9.17, 15) is 5.26 Å². The molecule has 0 spiro atoms. The molecule has 0 aromatic rings. The molecule has 0 aromatic heterocycles. The van der Waals surface area contributed by atoms with Crippen LogP contribution in [0.5, 0.6) is 0 Å². The van der Waals surface area contributed by atoms with E-state index >= 15 is 0 Å². The SMILES string of the molecule is CCCCCCC1(C#N)CCC(OCC2CCC(CCC)CC2)CC1. The van der Waals surface area contributed by atoms with Crippen molar-refractivity contribution in [2.24, 2.45) is 17.3 Å². The zero-order valence-corrected chi connectivity index (χ0v) is 16.9. The van der Waals surface area contributed by atoms with E-state index in [0.717, 1.165) is 50.5 Å². The molecule has 0 amide bonds. The summed E-state index contributed by atoms with van der Waals surface area (Å²) in [5.74, 6) is 1.78. The first-order chi connectivity index (χ1) is 12.2. The molecule has 2 aliphatic carbocycles. The van der Waals surface area contributed by atoms with E-state index in [1.54, 1.807) is 0 Å². The van der Waals surface area contributed by atoms with E-state index in [-0.39, 0.29) is 5.41 Å². The fourth-order valence-electron chi connectivity index (χ4n) is 4.99. The molecule has 0 saturated heterocycles. The van der Waals surface area contributed by atoms with Gasteiger partial charge < -0.3 is 4.74 Å². The minimum atomic E-state index is -0.0359. The Morgan fingerprint density at radius 1 is 0.880 bits per heavy atom. The van der Waals surface area contributed by atoms with Crippen LogP contribution in [0, 0.1) is 28.6 Å². The van der Waals surface area contributed by atoms with Crippen molar-refractivity contribution in [2.75, 3.05) is 6.61 Å². The molecule has 2 aliphatic rings. The van der Waals surface area contributed by atoms with Gasteiger partial charge in [-0.3, -0.25) is 0 Å². The summed E-state index contributed by atoms with van der Waals surface area (Å²) in [5, 5.41) is 9.70. The second-order valence-electron chi connectivity index (χ2n) is 8.91. The lowest BCUT2D eigenvalue weighted by Gasteiger charge is -2.36. The average Bonchev–Trinajstić information content (AvgIpc) is 2.66. The molecule has 0 bridgehead atoms. The van der Waals surface area contributed by atoms with Gasteiger partial charge in [-0.1, -0.05) is 65.2 Å². The van der Waals surface area contributed by atoms with Gasteiger partial charge in [0, 0.05) is 6.61 Å². The van der Waals surface area contributed by atoms with Gasteiger partial charge in [0.05, 0.1) is 17.6 Å². The van der Waals surface area contributed by atoms with Crippen LogP contribution in [0.3, 0.4) is 0 Å². The summed E-state index contributed by atoms with van der Waals surface area (Å²) in [6.45, 7) is 5.53. The molecule has 2 nitrogen and oxygen atoms in total. The van der Waals surface area contributed by atoms with Gasteiger partial charge in [-0.15, -0.1) is 0 Å². The first kappa shape index (κ1) is 20.8. The predicted molar refractivity (Wildman–Crippen MR) is 105 cm³/mol. The van der Waals surface area contributed by atoms with Gasteiger partial charge in [-0.05, 0) is 56.8 Å². The van der Waals surface area contributed by atoms with E-state index in [1.807, 2.05) is 0 Å². The van der Waals surface area contributed by atoms with Crippen molar-refractivity contribution in [3.05, 3.63) is 0 Å². The first-order valence-corrected chi connectivity index (χ1v) is 11.2. The second-order valence-corrected chi connectivity index (χ2v) is 8.91. The van der Waals surface area contributed by atoms with E-state index in [4.69, 9.17) is 4.74 Å². The number of nitrogens with zero attached hydrogens (tertiary/aromatic N) is 1. The van der Waals surface area contributed by atoms with Crippen LogP contribution in [-0.2, 0) is 4.74 Å². The molecular formula is C23H41NO. The van der Waals surface area contributed by atoms with Crippen LogP contribution in [0.1, 0.15) is 110 Å². The summed E-state index contributed by atoms with van der Waals surface area (Å²) in [6, 6.07) is 2.68. The Morgan fingerprint density at radius 3 is 2.16 bits per heavy atom. The Bertz CT molecular complexity index is 383. The molecule has 0 aliphatic heterocycles. The summed E-state index contributed by atoms with van der Waals surface area (Å²) < 4.78 is 6.29. The lowest BCUT2D eigenvalue weighted by atomic mass is 9.71. The Hall–Kier alpha value is -0.550. The molecule has 2 fully saturated rings. The second kappa shape index (κ2) is 11.2. The Labute approximate surface area is 156 Å². The zero-order chi connectivity index (χ0) is 18.0. The maximum Gasteiger partial charge on any atom is 0.0689 e. The van der Waals surface area contributed by atoms with Crippen molar-refractivity contribution < 1.29 is 4.74 Å². The Morgan fingerprint density at radius 2 is 1.56 bits per heavy atom. The van der Waals surface area contributed by atoms with E-state index in [0.29, 0.717) is 6.10 Å². The standard InChI is InChI=1S/C23H41NO/c1-3-5-6-7-15-23(19-24)16-13-22(14-17-23)25-18-21-11-9-20(8-4-2)10-12-21/h20-22H,3-18H2,1-2H3. The average molecular weight is 348 g/mol. The van der Waals surface area contributed by atoms with Crippen LogP contribution in [0.2, 0.25) is 0 Å². The quantitative estimate of drug-likeness (QED) is 0.397. The van der Waals surface area contributed by atoms with Crippen LogP contribution in [0.25, 0.3) is 0 Å². The van der Waals surface area contributed by atoms with Gasteiger partial charge in [0.2, 0.25) is 0 Å². The summed E-state index contributed by atoms with van der Waals surface area (Å²) in [5.41, 5.74) is -0.0359. The Kier molecular flexibility index (Phi) is 9.32. The lowest BCUT2D eigenvalue weighted by molar-refractivity contribution is -0.0184. The highest BCUT2D eigenvalue weighted by Crippen LogP contribution is 2.41. The third kappa shape index (κ3) is 6.93. The fourth-order valence-corrected chi connectivity index (χ4v) is 4.99. The molecule has 0 radical (unpaired) electrons. The number of rotatable bonds is 10. The normalized spacial score (nSPS) is 33.1. The van der Waals surface area contributed by atoms with E-state index in [1.165, 1.54) is 64.2 Å². The molecule has 0 N–H and O–H groups in total. The largest absolute Gasteiger partial charge is 0.378 e. The Balaban J connectivity index is 1.62. The number of hydrogen-bond acceptors (Lipinski definition) is 2. The molecule has 0 unspecified atom stereocenters. The molecule has 0 atom stereocenters. The molecule has 2 rings (SSSR count). The van der Waals surface area contributed by atoms with Gasteiger partial charge in [-0.25, -0.2) is 0 Å². The highest BCUT2D eigenvalue weighted by atomic mass is 16.5. The topological polar surface area (TPSA) is 33.0 Å². The summed E-state index contributed by atoms with van der Waals surface area (Å²) in [6.07, 6.45) is 19.3. The summed E-state index contributed by atoms with van der Waals surface area (Å²) in [4.78, 5) is 0. The summed E-state index contributed by atoms with van der Waals surface area (Å²) in [7, 11) is 0. The molecule has 0 heterocycles. The predicted octanol–water partition coefficient (Wildman–Crippen LogP) is 7.03. The smallest absolute Gasteiger partial charge is 0.0689 e. The van der Waals surface area contributed by atoms with Crippen LogP contribution in [0.4, 0.5) is 0 Å². The van der Waals surface area contributed by atoms with Crippen molar-refractivity contribution in [3.63, 3.8) is 0 Å². The van der Waals surface area contributed by atoms with Crippen molar-refractivity contribution in [1.29, 1.82) is 5.26 Å². The van der Waals surface area contributed by atoms with Gasteiger partial charge in [-0.2, -0.15) is 5.26 Å². The summed E-state index contributed by atoms with van der Waals surface area (Å²) >= 11 is 0. The van der Waals surface area contributed by atoms with Crippen molar-refractivity contribution in [1.82, 2.24) is 0 Å². The van der Waals surface area contributed by atoms with Crippen LogP contribution < -0.4 is 0 Å². The zero-order valence-electron chi connectivity index (χ0n) is 16.9. The maximum absolute atomic E-state index is 9.70. The minimum absolute atomic E-state index is 0.0359. The third-order valence-corrected chi connectivity index (χ3v) is 6.87. The van der Waals surface area contributed by atoms with Gasteiger partial charge in [0.15, 0.2) is 0 Å². The molecule has 0 aromatic carbocycles. The third-order valence-electron chi connectivity index (χ3n) is 6.87. The van der Waals surface area contributed by atoms with Crippen molar-refractivity contribution >= 4 is 0 Å². The monoisotopic (exact) mass is 347 g/mol. The maximum atomic E-state index is 9.70.